The van der Waals surface area contributed by atoms with E-state index in [-0.39, 0.29) is 18.4 Å². The van der Waals surface area contributed by atoms with Crippen LogP contribution in [0.4, 0.5) is 0 Å². The van der Waals surface area contributed by atoms with Crippen LogP contribution in [-0.4, -0.2) is 30.8 Å². The molecule has 152 valence electrons. The average Bonchev–Trinajstić information content (AvgIpc) is 3.13. The Morgan fingerprint density at radius 3 is 2.90 bits per heavy atom. The van der Waals surface area contributed by atoms with E-state index in [1.165, 1.54) is 0 Å². The van der Waals surface area contributed by atoms with Crippen LogP contribution in [0.1, 0.15) is 51.8 Å². The summed E-state index contributed by atoms with van der Waals surface area (Å²) < 4.78 is 6.88. The Kier molecular flexibility index (Phi) is 4.66. The molecule has 1 aliphatic carbocycles. The molecule has 1 amide bonds. The highest BCUT2D eigenvalue weighted by Gasteiger charge is 2.33. The Morgan fingerprint density at radius 1 is 1.33 bits per heavy atom. The van der Waals surface area contributed by atoms with Crippen molar-refractivity contribution in [2.45, 2.75) is 39.2 Å². The van der Waals surface area contributed by atoms with Gasteiger partial charge in [-0.2, -0.15) is 5.10 Å². The second kappa shape index (κ2) is 7.49. The van der Waals surface area contributed by atoms with Crippen molar-refractivity contribution in [3.8, 4) is 16.5 Å². The van der Waals surface area contributed by atoms with Crippen molar-refractivity contribution in [3.05, 3.63) is 64.2 Å². The predicted octanol–water partition coefficient (Wildman–Crippen LogP) is 3.80. The summed E-state index contributed by atoms with van der Waals surface area (Å²) in [4.78, 5) is 23.2. The molecule has 30 heavy (non-hydrogen) atoms. The SMILES string of the molecule is Cc1cc(CNC(=O)c2cnn(-c3ncc(C)c(-c4cccs4)n3)c2C2CC2)on1. The van der Waals surface area contributed by atoms with Gasteiger partial charge in [0.05, 0.1) is 40.3 Å². The number of rotatable bonds is 6. The van der Waals surface area contributed by atoms with E-state index in [4.69, 9.17) is 9.51 Å². The van der Waals surface area contributed by atoms with Gasteiger partial charge in [0.15, 0.2) is 5.76 Å². The minimum absolute atomic E-state index is 0.192. The smallest absolute Gasteiger partial charge is 0.255 e. The van der Waals surface area contributed by atoms with E-state index in [9.17, 15) is 4.79 Å². The molecule has 0 radical (unpaired) electrons. The first kappa shape index (κ1) is 18.7. The second-order valence-corrected chi connectivity index (χ2v) is 8.37. The molecule has 0 bridgehead atoms. The van der Waals surface area contributed by atoms with Crippen LogP contribution in [0.25, 0.3) is 16.5 Å². The highest BCUT2D eigenvalue weighted by Crippen LogP contribution is 2.42. The molecule has 9 heteroatoms. The summed E-state index contributed by atoms with van der Waals surface area (Å²) in [7, 11) is 0. The fourth-order valence-corrected chi connectivity index (χ4v) is 4.18. The van der Waals surface area contributed by atoms with Crippen LogP contribution in [0, 0.1) is 13.8 Å². The van der Waals surface area contributed by atoms with Gasteiger partial charge in [-0.1, -0.05) is 11.2 Å². The lowest BCUT2D eigenvalue weighted by Gasteiger charge is -2.10. The summed E-state index contributed by atoms with van der Waals surface area (Å²) in [5.41, 5.74) is 4.09. The lowest BCUT2D eigenvalue weighted by atomic mass is 10.1. The maximum absolute atomic E-state index is 12.9. The molecule has 1 saturated carbocycles. The monoisotopic (exact) mass is 420 g/mol. The van der Waals surface area contributed by atoms with E-state index in [0.717, 1.165) is 40.4 Å². The zero-order chi connectivity index (χ0) is 20.7. The van der Waals surface area contributed by atoms with Crippen LogP contribution in [0.5, 0.6) is 0 Å². The van der Waals surface area contributed by atoms with Gasteiger partial charge in [-0.3, -0.25) is 4.79 Å². The topological polar surface area (TPSA) is 98.7 Å². The standard InChI is InChI=1S/C21H20N6O2S/c1-12-9-23-21(25-18(12)17-4-3-7-30-17)27-19(14-5-6-14)16(11-24-27)20(28)22-10-15-8-13(2)26-29-15/h3-4,7-9,11,14H,5-6,10H2,1-2H3,(H,22,28). The molecule has 4 heterocycles. The summed E-state index contributed by atoms with van der Waals surface area (Å²) >= 11 is 1.64. The third kappa shape index (κ3) is 3.52. The first-order valence-corrected chi connectivity index (χ1v) is 10.6. The molecule has 0 saturated heterocycles. The van der Waals surface area contributed by atoms with Gasteiger partial charge < -0.3 is 9.84 Å². The Morgan fingerprint density at radius 2 is 2.20 bits per heavy atom. The molecule has 1 aliphatic rings. The van der Waals surface area contributed by atoms with Crippen molar-refractivity contribution >= 4 is 17.2 Å². The molecule has 5 rings (SSSR count). The molecular formula is C21H20N6O2S. The van der Waals surface area contributed by atoms with Gasteiger partial charge in [-0.25, -0.2) is 14.6 Å². The summed E-state index contributed by atoms with van der Waals surface area (Å²) in [6.07, 6.45) is 5.46. The molecule has 0 aliphatic heterocycles. The van der Waals surface area contributed by atoms with Crippen LogP contribution in [0.3, 0.4) is 0 Å². The predicted molar refractivity (Wildman–Crippen MR) is 112 cm³/mol. The number of amides is 1. The van der Waals surface area contributed by atoms with Crippen molar-refractivity contribution in [1.29, 1.82) is 0 Å². The van der Waals surface area contributed by atoms with Crippen molar-refractivity contribution < 1.29 is 9.32 Å². The third-order valence-electron chi connectivity index (χ3n) is 5.02. The van der Waals surface area contributed by atoms with Crippen LogP contribution in [0.2, 0.25) is 0 Å². The highest BCUT2D eigenvalue weighted by molar-refractivity contribution is 7.13. The first-order chi connectivity index (χ1) is 14.6. The van der Waals surface area contributed by atoms with Gasteiger partial charge in [-0.15, -0.1) is 11.3 Å². The number of hydrogen-bond acceptors (Lipinski definition) is 7. The Bertz CT molecular complexity index is 1210. The molecule has 0 unspecified atom stereocenters. The number of carbonyl (C=O) groups excluding carboxylic acids is 1. The molecule has 1 fully saturated rings. The normalized spacial score (nSPS) is 13.5. The fourth-order valence-electron chi connectivity index (χ4n) is 3.40. The van der Waals surface area contributed by atoms with E-state index >= 15 is 0 Å². The van der Waals surface area contributed by atoms with Crippen LogP contribution in [-0.2, 0) is 6.54 Å². The Hall–Kier alpha value is -3.33. The van der Waals surface area contributed by atoms with Gasteiger partial charge in [0, 0.05) is 18.2 Å². The molecule has 0 aromatic carbocycles. The van der Waals surface area contributed by atoms with Gasteiger partial charge in [-0.05, 0) is 43.7 Å². The van der Waals surface area contributed by atoms with Crippen molar-refractivity contribution in [1.82, 2.24) is 30.2 Å². The quantitative estimate of drug-likeness (QED) is 0.509. The summed E-state index contributed by atoms with van der Waals surface area (Å²) in [6, 6.07) is 5.85. The second-order valence-electron chi connectivity index (χ2n) is 7.43. The number of thiophene rings is 1. The van der Waals surface area contributed by atoms with Crippen molar-refractivity contribution in [2.75, 3.05) is 0 Å². The zero-order valence-corrected chi connectivity index (χ0v) is 17.4. The number of aromatic nitrogens is 5. The Balaban J connectivity index is 1.46. The highest BCUT2D eigenvalue weighted by atomic mass is 32.1. The number of nitrogens with one attached hydrogen (secondary N) is 1. The summed E-state index contributed by atoms with van der Waals surface area (Å²) in [6.45, 7) is 4.11. The summed E-state index contributed by atoms with van der Waals surface area (Å²) in [5, 5.41) is 13.2. The zero-order valence-electron chi connectivity index (χ0n) is 16.6. The van der Waals surface area contributed by atoms with Crippen molar-refractivity contribution in [3.63, 3.8) is 0 Å². The molecule has 4 aromatic rings. The first-order valence-electron chi connectivity index (χ1n) is 9.76. The molecule has 8 nitrogen and oxygen atoms in total. The van der Waals surface area contributed by atoms with Gasteiger partial charge >= 0.3 is 0 Å². The largest absolute Gasteiger partial charge is 0.359 e. The van der Waals surface area contributed by atoms with Crippen LogP contribution >= 0.6 is 11.3 Å². The lowest BCUT2D eigenvalue weighted by molar-refractivity contribution is 0.0946. The molecule has 1 N–H and O–H groups in total. The van der Waals surface area contributed by atoms with E-state index in [2.05, 4.69) is 20.6 Å². The Labute approximate surface area is 177 Å². The molecule has 0 spiro atoms. The lowest BCUT2D eigenvalue weighted by Crippen LogP contribution is -2.23. The van der Waals surface area contributed by atoms with Crippen LogP contribution in [0.15, 0.2) is 40.5 Å². The van der Waals surface area contributed by atoms with Gasteiger partial charge in [0.2, 0.25) is 0 Å². The maximum atomic E-state index is 12.9. The molecule has 0 atom stereocenters. The van der Waals surface area contributed by atoms with E-state index in [1.807, 2.05) is 37.6 Å². The van der Waals surface area contributed by atoms with Crippen molar-refractivity contribution in [2.24, 2.45) is 0 Å². The number of carbonyl (C=O) groups is 1. The maximum Gasteiger partial charge on any atom is 0.255 e. The van der Waals surface area contributed by atoms with Crippen LogP contribution < -0.4 is 5.32 Å². The van der Waals surface area contributed by atoms with E-state index < -0.39 is 0 Å². The number of aryl methyl sites for hydroxylation is 2. The average molecular weight is 420 g/mol. The van der Waals surface area contributed by atoms with Gasteiger partial charge in [0.25, 0.3) is 11.9 Å². The minimum Gasteiger partial charge on any atom is -0.359 e. The minimum atomic E-state index is -0.192. The number of nitrogens with zero attached hydrogens (tertiary/aromatic N) is 5. The fraction of sp³-hybridized carbons (Fsp3) is 0.286. The van der Waals surface area contributed by atoms with E-state index in [1.54, 1.807) is 28.3 Å². The summed E-state index contributed by atoms with van der Waals surface area (Å²) in [5.74, 6) is 1.19. The van der Waals surface area contributed by atoms with E-state index in [0.29, 0.717) is 17.3 Å². The number of hydrogen-bond donors (Lipinski definition) is 1. The molecule has 4 aromatic heterocycles. The molecular weight excluding hydrogens is 400 g/mol. The third-order valence-corrected chi connectivity index (χ3v) is 5.89. The van der Waals surface area contributed by atoms with Gasteiger partial charge in [0.1, 0.15) is 0 Å².